The number of halogens is 1. The van der Waals surface area contributed by atoms with Crippen LogP contribution in [-0.2, 0) is 11.3 Å². The van der Waals surface area contributed by atoms with Gasteiger partial charge < -0.3 is 5.32 Å². The number of benzene rings is 1. The smallest absolute Gasteiger partial charge is 0.242 e. The lowest BCUT2D eigenvalue weighted by Gasteiger charge is -2.10. The van der Waals surface area contributed by atoms with E-state index >= 15 is 0 Å². The highest BCUT2D eigenvalue weighted by atomic mass is 35.5. The van der Waals surface area contributed by atoms with Crippen LogP contribution < -0.4 is 5.32 Å². The predicted octanol–water partition coefficient (Wildman–Crippen LogP) is 1.76. The van der Waals surface area contributed by atoms with Crippen LogP contribution in [0.15, 0.2) is 42.7 Å². The molecule has 0 aliphatic rings. The molecule has 1 heterocycles. The average Bonchev–Trinajstić information content (AvgIpc) is 2.96. The summed E-state index contributed by atoms with van der Waals surface area (Å²) in [5, 5.41) is 9.72. The molecule has 0 saturated heterocycles. The minimum atomic E-state index is -0.646. The summed E-state index contributed by atoms with van der Waals surface area (Å²) < 4.78 is 1.72. The number of amides is 1. The first-order valence-corrected chi connectivity index (χ1v) is 6.52. The van der Waals surface area contributed by atoms with Crippen LogP contribution in [0.25, 0.3) is 0 Å². The van der Waals surface area contributed by atoms with Gasteiger partial charge in [-0.3, -0.25) is 9.48 Å². The number of aryl methyl sites for hydroxylation is 1. The third-order valence-corrected chi connectivity index (χ3v) is 3.11. The molecule has 1 amide bonds. The molecular formula is C13H15ClN4O. The second-order valence-corrected chi connectivity index (χ2v) is 4.52. The first kappa shape index (κ1) is 13.5. The van der Waals surface area contributed by atoms with E-state index in [1.54, 1.807) is 17.1 Å². The van der Waals surface area contributed by atoms with Gasteiger partial charge in [0.1, 0.15) is 5.38 Å². The molecule has 0 spiro atoms. The fourth-order valence-electron chi connectivity index (χ4n) is 1.67. The molecule has 1 unspecified atom stereocenters. The van der Waals surface area contributed by atoms with Gasteiger partial charge in [0, 0.05) is 19.3 Å². The standard InChI is InChI=1S/C13H15ClN4O/c14-12(11-5-2-1-3-6-11)13(19)15-7-4-9-18-10-8-16-17-18/h1-3,5-6,8,10,12H,4,7,9H2,(H,15,19). The molecule has 0 bridgehead atoms. The van der Waals surface area contributed by atoms with Gasteiger partial charge in [-0.2, -0.15) is 0 Å². The van der Waals surface area contributed by atoms with E-state index in [2.05, 4.69) is 15.6 Å². The molecule has 2 aromatic rings. The zero-order chi connectivity index (χ0) is 13.5. The highest BCUT2D eigenvalue weighted by molar-refractivity contribution is 6.30. The Hall–Kier alpha value is -1.88. The molecule has 1 aromatic heterocycles. The van der Waals surface area contributed by atoms with Crippen LogP contribution >= 0.6 is 11.6 Å². The van der Waals surface area contributed by atoms with E-state index in [9.17, 15) is 4.79 Å². The third-order valence-electron chi connectivity index (χ3n) is 2.66. The van der Waals surface area contributed by atoms with Crippen molar-refractivity contribution in [1.29, 1.82) is 0 Å². The lowest BCUT2D eigenvalue weighted by Crippen LogP contribution is -2.28. The summed E-state index contributed by atoms with van der Waals surface area (Å²) in [6, 6.07) is 9.30. The summed E-state index contributed by atoms with van der Waals surface area (Å²) in [4.78, 5) is 11.8. The molecule has 6 heteroatoms. The number of nitrogens with zero attached hydrogens (tertiary/aromatic N) is 3. The maximum Gasteiger partial charge on any atom is 0.242 e. The summed E-state index contributed by atoms with van der Waals surface area (Å²) in [7, 11) is 0. The molecule has 1 aromatic carbocycles. The van der Waals surface area contributed by atoms with Crippen molar-refractivity contribution in [2.75, 3.05) is 6.54 Å². The minimum absolute atomic E-state index is 0.175. The van der Waals surface area contributed by atoms with Gasteiger partial charge in [0.15, 0.2) is 0 Å². The number of hydrogen-bond acceptors (Lipinski definition) is 3. The predicted molar refractivity (Wildman–Crippen MR) is 72.7 cm³/mol. The minimum Gasteiger partial charge on any atom is -0.354 e. The van der Waals surface area contributed by atoms with Gasteiger partial charge in [0.25, 0.3) is 0 Å². The molecule has 2 rings (SSSR count). The fourth-order valence-corrected chi connectivity index (χ4v) is 1.89. The maximum atomic E-state index is 11.8. The largest absolute Gasteiger partial charge is 0.354 e. The number of aromatic nitrogens is 3. The highest BCUT2D eigenvalue weighted by Gasteiger charge is 2.16. The molecule has 1 N–H and O–H groups in total. The number of rotatable bonds is 6. The summed E-state index contributed by atoms with van der Waals surface area (Å²) in [5.74, 6) is -0.175. The Kier molecular flexibility index (Phi) is 4.92. The van der Waals surface area contributed by atoms with E-state index in [4.69, 9.17) is 11.6 Å². The third kappa shape index (κ3) is 4.06. The van der Waals surface area contributed by atoms with Gasteiger partial charge in [0.05, 0.1) is 6.20 Å². The number of nitrogens with one attached hydrogen (secondary N) is 1. The molecule has 5 nitrogen and oxygen atoms in total. The first-order chi connectivity index (χ1) is 9.27. The zero-order valence-corrected chi connectivity index (χ0v) is 11.1. The SMILES string of the molecule is O=C(NCCCn1ccnn1)C(Cl)c1ccccc1. The Morgan fingerprint density at radius 2 is 2.16 bits per heavy atom. The number of hydrogen-bond donors (Lipinski definition) is 1. The first-order valence-electron chi connectivity index (χ1n) is 6.08. The Labute approximate surface area is 116 Å². The summed E-state index contributed by atoms with van der Waals surface area (Å²) in [6.07, 6.45) is 4.20. The van der Waals surface area contributed by atoms with Gasteiger partial charge >= 0.3 is 0 Å². The highest BCUT2D eigenvalue weighted by Crippen LogP contribution is 2.19. The summed E-state index contributed by atoms with van der Waals surface area (Å²) >= 11 is 6.10. The number of carbonyl (C=O) groups is 1. The lowest BCUT2D eigenvalue weighted by molar-refractivity contribution is -0.120. The van der Waals surface area contributed by atoms with E-state index < -0.39 is 5.38 Å². The molecule has 0 fully saturated rings. The molecule has 0 aliphatic heterocycles. The Balaban J connectivity index is 1.72. The van der Waals surface area contributed by atoms with E-state index in [0.29, 0.717) is 6.54 Å². The maximum absolute atomic E-state index is 11.8. The molecule has 100 valence electrons. The number of alkyl halides is 1. The van der Waals surface area contributed by atoms with Crippen LogP contribution in [-0.4, -0.2) is 27.4 Å². The zero-order valence-electron chi connectivity index (χ0n) is 10.4. The topological polar surface area (TPSA) is 59.8 Å². The quantitative estimate of drug-likeness (QED) is 0.647. The molecule has 0 aliphatic carbocycles. The molecule has 19 heavy (non-hydrogen) atoms. The van der Waals surface area contributed by atoms with Crippen molar-refractivity contribution in [3.8, 4) is 0 Å². The van der Waals surface area contributed by atoms with Crippen LogP contribution in [0.1, 0.15) is 17.4 Å². The Bertz CT molecular complexity index is 501. The van der Waals surface area contributed by atoms with Gasteiger partial charge in [0.2, 0.25) is 5.91 Å². The van der Waals surface area contributed by atoms with Crippen molar-refractivity contribution >= 4 is 17.5 Å². The van der Waals surface area contributed by atoms with Crippen molar-refractivity contribution in [3.05, 3.63) is 48.3 Å². The second kappa shape index (κ2) is 6.89. The van der Waals surface area contributed by atoms with Crippen molar-refractivity contribution in [3.63, 3.8) is 0 Å². The molecule has 1 atom stereocenters. The van der Waals surface area contributed by atoms with E-state index in [0.717, 1.165) is 18.5 Å². The van der Waals surface area contributed by atoms with Gasteiger partial charge in [-0.15, -0.1) is 16.7 Å². The number of carbonyl (C=O) groups excluding carboxylic acids is 1. The molecule has 0 radical (unpaired) electrons. The van der Waals surface area contributed by atoms with E-state index in [1.165, 1.54) is 0 Å². The Morgan fingerprint density at radius 1 is 1.37 bits per heavy atom. The van der Waals surface area contributed by atoms with Gasteiger partial charge in [-0.05, 0) is 12.0 Å². The van der Waals surface area contributed by atoms with Crippen molar-refractivity contribution in [1.82, 2.24) is 20.3 Å². The average molecular weight is 279 g/mol. The van der Waals surface area contributed by atoms with E-state index in [1.807, 2.05) is 30.3 Å². The van der Waals surface area contributed by atoms with Crippen LogP contribution in [0, 0.1) is 0 Å². The lowest BCUT2D eigenvalue weighted by atomic mass is 10.1. The van der Waals surface area contributed by atoms with Crippen LogP contribution in [0.4, 0.5) is 0 Å². The van der Waals surface area contributed by atoms with Crippen LogP contribution in [0.2, 0.25) is 0 Å². The van der Waals surface area contributed by atoms with Crippen LogP contribution in [0.5, 0.6) is 0 Å². The van der Waals surface area contributed by atoms with Gasteiger partial charge in [-0.25, -0.2) is 0 Å². The van der Waals surface area contributed by atoms with Crippen LogP contribution in [0.3, 0.4) is 0 Å². The molecule has 0 saturated carbocycles. The monoisotopic (exact) mass is 278 g/mol. The van der Waals surface area contributed by atoms with Crippen molar-refractivity contribution in [2.45, 2.75) is 18.3 Å². The van der Waals surface area contributed by atoms with Crippen molar-refractivity contribution < 1.29 is 4.79 Å². The second-order valence-electron chi connectivity index (χ2n) is 4.08. The van der Waals surface area contributed by atoms with Gasteiger partial charge in [-0.1, -0.05) is 35.5 Å². The van der Waals surface area contributed by atoms with Crippen molar-refractivity contribution in [2.24, 2.45) is 0 Å². The summed E-state index contributed by atoms with van der Waals surface area (Å²) in [5.41, 5.74) is 0.804. The summed E-state index contributed by atoms with van der Waals surface area (Å²) in [6.45, 7) is 1.29. The Morgan fingerprint density at radius 3 is 2.84 bits per heavy atom. The van der Waals surface area contributed by atoms with E-state index in [-0.39, 0.29) is 5.91 Å². The normalized spacial score (nSPS) is 12.1. The molecular weight excluding hydrogens is 264 g/mol. The fraction of sp³-hybridized carbons (Fsp3) is 0.308.